The fraction of sp³-hybridized carbons (Fsp3) is 0.418. The van der Waals surface area contributed by atoms with Crippen LogP contribution < -0.4 is 14.2 Å². The minimum Gasteiger partial charge on any atom is -0.496 e. The van der Waals surface area contributed by atoms with Gasteiger partial charge in [0.05, 0.1) is 12.6 Å². The first-order valence-electron chi connectivity index (χ1n) is 48.3. The number of aryl methyl sites for hydroxylation is 4. The van der Waals surface area contributed by atoms with Crippen LogP contribution in [0.5, 0.6) is 17.2 Å². The van der Waals surface area contributed by atoms with Gasteiger partial charge in [0, 0.05) is 295 Å². The number of aromatic nitrogens is 8. The quantitative estimate of drug-likeness (QED) is 0.0733. The predicted octanol–water partition coefficient (Wildman–Crippen LogP) is 19.1. The van der Waals surface area contributed by atoms with E-state index < -0.39 is 11.6 Å². The number of fused-ring (bicyclic) bond motifs is 25. The number of methoxy groups -OCH3 is 1. The molecule has 700 valence electrons. The van der Waals surface area contributed by atoms with E-state index in [0.29, 0.717) is 17.7 Å². The third-order valence-corrected chi connectivity index (χ3v) is 29.2. The van der Waals surface area contributed by atoms with Crippen molar-refractivity contribution in [2.45, 2.75) is 130 Å². The maximum Gasteiger partial charge on any atom is 0.231 e. The lowest BCUT2D eigenvalue weighted by molar-refractivity contribution is 0.174. The van der Waals surface area contributed by atoms with E-state index in [2.05, 4.69) is 242 Å². The molecule has 0 atom stereocenters. The Labute approximate surface area is 779 Å². The Morgan fingerprint density at radius 1 is 0.241 bits per heavy atom. The molecule has 0 saturated heterocycles. The zero-order valence-electron chi connectivity index (χ0n) is 80.3. The largest absolute Gasteiger partial charge is 0.496 e. The van der Waals surface area contributed by atoms with Crippen LogP contribution in [0.4, 0.5) is 17.6 Å². The monoisotopic (exact) mass is 1800 g/mol. The van der Waals surface area contributed by atoms with Gasteiger partial charge in [0.15, 0.2) is 11.5 Å². The number of halogens is 4. The van der Waals surface area contributed by atoms with E-state index in [0.717, 1.165) is 200 Å². The number of benzene rings is 8. The molecule has 0 amide bonds. The van der Waals surface area contributed by atoms with Crippen molar-refractivity contribution in [1.82, 2.24) is 79.1 Å². The summed E-state index contributed by atoms with van der Waals surface area (Å²) in [5, 5.41) is 9.68. The number of H-pyrrole nitrogens is 8. The molecule has 0 bridgehead atoms. The predicted molar refractivity (Wildman–Crippen MR) is 537 cm³/mol. The summed E-state index contributed by atoms with van der Waals surface area (Å²) in [4.78, 5) is 46.7. The van der Waals surface area contributed by atoms with Crippen LogP contribution in [0.25, 0.3) is 87.2 Å². The lowest BCUT2D eigenvalue weighted by Crippen LogP contribution is -2.21. The summed E-state index contributed by atoms with van der Waals surface area (Å²) in [6.45, 7) is 26.6. The molecule has 8 aromatic heterocycles. The van der Waals surface area contributed by atoms with E-state index in [1.165, 1.54) is 215 Å². The first kappa shape index (κ1) is 92.3. The van der Waals surface area contributed by atoms with Crippen molar-refractivity contribution in [3.63, 3.8) is 0 Å². The smallest absolute Gasteiger partial charge is 0.231 e. The number of hydrogen-bond acceptors (Lipinski definition) is 11. The fourth-order valence-corrected chi connectivity index (χ4v) is 21.3. The number of ether oxygens (including phenoxy) is 3. The maximum absolute atomic E-state index is 13.8. The van der Waals surface area contributed by atoms with Gasteiger partial charge < -0.3 is 93.3 Å². The Morgan fingerprint density at radius 2 is 0.511 bits per heavy atom. The van der Waals surface area contributed by atoms with Crippen LogP contribution in [0, 0.1) is 51.0 Å². The summed E-state index contributed by atoms with van der Waals surface area (Å²) in [5.41, 5.74) is 36.1. The van der Waals surface area contributed by atoms with Crippen molar-refractivity contribution in [1.29, 1.82) is 0 Å². The van der Waals surface area contributed by atoms with E-state index in [1.54, 1.807) is 42.0 Å². The van der Waals surface area contributed by atoms with Gasteiger partial charge in [0.25, 0.3) is 0 Å². The molecule has 23 heteroatoms. The third kappa shape index (κ3) is 20.9. The van der Waals surface area contributed by atoms with Crippen molar-refractivity contribution in [3.8, 4) is 17.2 Å². The van der Waals surface area contributed by atoms with E-state index in [4.69, 9.17) is 14.2 Å². The number of likely N-dealkylation sites (N-methyl/N-ethyl adjacent to an activating group) is 8. The van der Waals surface area contributed by atoms with Gasteiger partial charge in [-0.25, -0.2) is 17.6 Å². The Kier molecular flexibility index (Phi) is 28.2. The van der Waals surface area contributed by atoms with Gasteiger partial charge in [-0.3, -0.25) is 0 Å². The highest BCUT2D eigenvalue weighted by Crippen LogP contribution is 2.41. The summed E-state index contributed by atoms with van der Waals surface area (Å²) in [6.07, 6.45) is 17.2. The first-order valence-corrected chi connectivity index (χ1v) is 48.3. The third-order valence-electron chi connectivity index (χ3n) is 29.2. The first-order chi connectivity index (χ1) is 64.3. The van der Waals surface area contributed by atoms with E-state index in [1.807, 2.05) is 12.1 Å². The highest BCUT2D eigenvalue weighted by molar-refractivity contribution is 5.93. The van der Waals surface area contributed by atoms with Crippen molar-refractivity contribution in [2.24, 2.45) is 0 Å². The lowest BCUT2D eigenvalue weighted by Gasteiger charge is -2.12. The minimum absolute atomic E-state index is 0.146. The number of nitrogens with zero attached hydrogens (tertiary/aromatic N) is 8. The zero-order chi connectivity index (χ0) is 92.4. The van der Waals surface area contributed by atoms with Gasteiger partial charge in [-0.05, 0) is 281 Å². The number of nitrogens with one attached hydrogen (secondary N) is 8. The topological polar surface area (TPSA) is 180 Å². The maximum atomic E-state index is 13.8. The second-order valence-electron chi connectivity index (χ2n) is 39.1. The molecule has 133 heavy (non-hydrogen) atoms. The standard InChI is InChI=1S/C15H20N2O.C14H16N2O2.3C14H18N2.C13H14F2N2.2C13H15FN2/c1-10-8-13-15(14(9-10)18-3)11-4-6-17(2)7-5-12(11)16-13;1-16-4-2-9-10-6-13-14(18-8-17-13)7-12(10)15-11(9)3-5-16;3*1-10-3-4-11-12-5-7-16(2)8-6-13(12)15-14(11)9-10;1-17-4-2-9-11(3-5-17)16-12-7-8(14)6-10(15)13(9)12;1-16-6-4-10-11-8-9(14)2-3-12(11)15-13(10)5-7-16;1-16-6-4-11-10-3-2-9(14)8-13(10)15-12(11)5-7-16/h8-9,16H,4-7H2,1-3H3;6-7,15H,2-5,8H2,1H3;3*3-4,9,15H,5-8H2,1-2H3;6-7,16H,2-5H2,1H3;2*2-3,8,15H,4-7H2,1H3. The summed E-state index contributed by atoms with van der Waals surface area (Å²) in [6, 6.07) is 41.1. The van der Waals surface area contributed by atoms with E-state index >= 15 is 0 Å². The van der Waals surface area contributed by atoms with Gasteiger partial charge in [-0.2, -0.15) is 0 Å². The molecule has 8 N–H and O–H groups in total. The summed E-state index contributed by atoms with van der Waals surface area (Å²) >= 11 is 0. The van der Waals surface area contributed by atoms with E-state index in [-0.39, 0.29) is 11.6 Å². The average molecular weight is 1800 g/mol. The molecule has 8 aromatic carbocycles. The van der Waals surface area contributed by atoms with Gasteiger partial charge in [-0.15, -0.1) is 0 Å². The molecule has 0 radical (unpaired) electrons. The average Bonchev–Trinajstić information content (AvgIpc) is 1.57. The Hall–Kier alpha value is -11.1. The molecule has 0 spiro atoms. The van der Waals surface area contributed by atoms with Crippen LogP contribution in [0.1, 0.15) is 112 Å². The molecule has 25 rings (SSSR count). The molecule has 9 aliphatic heterocycles. The number of hydrogen-bond donors (Lipinski definition) is 8. The molecule has 0 saturated carbocycles. The molecule has 19 nitrogen and oxygen atoms in total. The van der Waals surface area contributed by atoms with Crippen LogP contribution in [0.15, 0.2) is 127 Å². The number of rotatable bonds is 1. The molecular formula is C110H134F4N16O3. The van der Waals surface area contributed by atoms with Crippen LogP contribution in [-0.4, -0.2) is 254 Å². The Bertz CT molecular complexity index is 6460. The molecule has 9 aliphatic rings. The molecule has 0 aliphatic carbocycles. The van der Waals surface area contributed by atoms with Crippen molar-refractivity contribution >= 4 is 87.2 Å². The zero-order valence-corrected chi connectivity index (χ0v) is 80.3. The van der Waals surface area contributed by atoms with Crippen molar-refractivity contribution in [3.05, 3.63) is 263 Å². The summed E-state index contributed by atoms with van der Waals surface area (Å²) in [7, 11) is 19.1. The molecule has 16 aromatic rings. The van der Waals surface area contributed by atoms with Crippen LogP contribution in [-0.2, 0) is 103 Å². The molecule has 17 heterocycles. The number of aromatic amines is 8. The van der Waals surface area contributed by atoms with Crippen molar-refractivity contribution < 1.29 is 31.8 Å². The van der Waals surface area contributed by atoms with Gasteiger partial charge in [-0.1, -0.05) is 36.4 Å². The normalized spacial score (nSPS) is 17.5. The van der Waals surface area contributed by atoms with Gasteiger partial charge in [0.2, 0.25) is 6.79 Å². The Morgan fingerprint density at radius 3 is 0.902 bits per heavy atom. The second kappa shape index (κ2) is 40.6. The van der Waals surface area contributed by atoms with E-state index in [9.17, 15) is 17.6 Å². The molecule has 0 unspecified atom stereocenters. The second-order valence-corrected chi connectivity index (χ2v) is 39.1. The van der Waals surface area contributed by atoms with Gasteiger partial charge >= 0.3 is 0 Å². The summed E-state index contributed by atoms with van der Waals surface area (Å²) < 4.78 is 69.8. The molecular weight excluding hydrogens is 1670 g/mol. The fourth-order valence-electron chi connectivity index (χ4n) is 21.3. The highest BCUT2D eigenvalue weighted by atomic mass is 19.1. The van der Waals surface area contributed by atoms with Gasteiger partial charge in [0.1, 0.15) is 29.0 Å². The van der Waals surface area contributed by atoms with Crippen molar-refractivity contribution in [2.75, 3.05) is 175 Å². The minimum atomic E-state index is -0.525. The summed E-state index contributed by atoms with van der Waals surface area (Å²) in [5.74, 6) is 1.45. The SMILES string of the molecule is CN1CCc2[nH]c3cc(F)cc(F)c3c2CC1.CN1CCc2[nH]c3cc(F)ccc3c2CC1.CN1CCc2[nH]c3cc4c(cc3c2CC1)OCO4.CN1CCc2[nH]c3ccc(F)cc3c2CC1.COc1cc(C)cc2[nH]c3c(c12)CCN(C)CC3.Cc1ccc2c3c([nH]c2c1)CCN(C)CC3.Cc1ccc2c3c([nH]c2c1)CCN(C)CC3.Cc1ccc2c3c([nH]c2c1)CCN(C)CC3. The van der Waals surface area contributed by atoms with Crippen LogP contribution in [0.3, 0.4) is 0 Å². The van der Waals surface area contributed by atoms with Crippen LogP contribution in [0.2, 0.25) is 0 Å². The lowest BCUT2D eigenvalue weighted by atomic mass is 10.0. The highest BCUT2D eigenvalue weighted by Gasteiger charge is 2.28. The Balaban J connectivity index is 0.000000102. The molecule has 0 fully saturated rings. The van der Waals surface area contributed by atoms with Crippen LogP contribution >= 0.6 is 0 Å².